The molecule has 10 nitrogen and oxygen atoms in total. The number of amides is 1. The molecule has 0 spiro atoms. The van der Waals surface area contributed by atoms with Crippen LogP contribution < -0.4 is 10.4 Å². The molecule has 0 radical (unpaired) electrons. The Morgan fingerprint density at radius 1 is 1.16 bits per heavy atom. The summed E-state index contributed by atoms with van der Waals surface area (Å²) in [5.41, 5.74) is 2.53. The van der Waals surface area contributed by atoms with Gasteiger partial charge >= 0.3 is 0 Å². The summed E-state index contributed by atoms with van der Waals surface area (Å²) in [6.07, 6.45) is 5.32. The van der Waals surface area contributed by atoms with Gasteiger partial charge in [0.15, 0.2) is 9.88 Å². The minimum Gasteiger partial charge on any atom is -0.381 e. The fourth-order valence-electron chi connectivity index (χ4n) is 3.83. The van der Waals surface area contributed by atoms with Crippen molar-refractivity contribution in [1.82, 2.24) is 19.8 Å². The lowest BCUT2D eigenvalue weighted by atomic mass is 9.98. The quantitative estimate of drug-likeness (QED) is 0.444. The van der Waals surface area contributed by atoms with E-state index in [4.69, 9.17) is 9.94 Å². The Hall–Kier alpha value is -1.54. The van der Waals surface area contributed by atoms with Crippen LogP contribution in [0.25, 0.3) is 10.4 Å². The predicted octanol–water partition coefficient (Wildman–Crippen LogP) is 1.56. The number of thiazole rings is 1. The average molecular weight is 526 g/mol. The van der Waals surface area contributed by atoms with Crippen LogP contribution in [0.5, 0.6) is 0 Å². The maximum Gasteiger partial charge on any atom is 0.266 e. The standard InChI is InChI=1S/C18H23N5O5S2.2ClH/c24-16(21-25)18(3-10-28-11-4-18)30(26,27)23-8-6-22(7-9-23)17-20-13-15(29-17)14-2-1-5-19-12-14;;/h1-2,5,12-13,25H,3-4,6-11H2,(H,21,24);2*1H. The highest BCUT2D eigenvalue weighted by Crippen LogP contribution is 2.35. The number of hydrogen-bond acceptors (Lipinski definition) is 9. The molecule has 14 heteroatoms. The molecule has 0 bridgehead atoms. The third-order valence-electron chi connectivity index (χ3n) is 5.60. The first-order valence-corrected chi connectivity index (χ1v) is 11.9. The van der Waals surface area contributed by atoms with Gasteiger partial charge in [0.2, 0.25) is 10.0 Å². The monoisotopic (exact) mass is 525 g/mol. The molecule has 0 saturated carbocycles. The smallest absolute Gasteiger partial charge is 0.266 e. The van der Waals surface area contributed by atoms with E-state index < -0.39 is 20.7 Å². The predicted molar refractivity (Wildman–Crippen MR) is 125 cm³/mol. The Labute approximate surface area is 202 Å². The maximum atomic E-state index is 13.4. The summed E-state index contributed by atoms with van der Waals surface area (Å²) in [5, 5.41) is 9.98. The summed E-state index contributed by atoms with van der Waals surface area (Å²) < 4.78 is 31.6. The van der Waals surface area contributed by atoms with Gasteiger partial charge in [-0.15, -0.1) is 24.8 Å². The zero-order chi connectivity index (χ0) is 21.2. The summed E-state index contributed by atoms with van der Waals surface area (Å²) in [6.45, 7) is 1.72. The van der Waals surface area contributed by atoms with Gasteiger partial charge in [0.05, 0.1) is 4.88 Å². The van der Waals surface area contributed by atoms with Crippen molar-refractivity contribution >= 4 is 57.2 Å². The fraction of sp³-hybridized carbons (Fsp3) is 0.500. The van der Waals surface area contributed by atoms with E-state index in [0.717, 1.165) is 15.6 Å². The zero-order valence-corrected chi connectivity index (χ0v) is 20.3. The molecule has 2 N–H and O–H groups in total. The van der Waals surface area contributed by atoms with Crippen molar-refractivity contribution in [2.75, 3.05) is 44.3 Å². The molecule has 2 aromatic heterocycles. The molecular weight excluding hydrogens is 501 g/mol. The summed E-state index contributed by atoms with van der Waals surface area (Å²) >= 11 is 1.53. The molecule has 0 unspecified atom stereocenters. The molecule has 0 aromatic carbocycles. The van der Waals surface area contributed by atoms with Crippen LogP contribution >= 0.6 is 36.2 Å². The van der Waals surface area contributed by atoms with Crippen LogP contribution in [-0.4, -0.2) is 77.9 Å². The number of halogens is 2. The van der Waals surface area contributed by atoms with E-state index >= 15 is 0 Å². The molecule has 32 heavy (non-hydrogen) atoms. The van der Waals surface area contributed by atoms with Gasteiger partial charge < -0.3 is 9.64 Å². The number of piperazine rings is 1. The number of anilines is 1. The second kappa shape index (κ2) is 11.1. The minimum atomic E-state index is -3.97. The molecular formula is C18H25Cl2N5O5S2. The SMILES string of the molecule is Cl.Cl.O=C(NO)C1(S(=O)(=O)N2CCN(c3ncc(-c4cccnc4)s3)CC2)CCOCC1. The highest BCUT2D eigenvalue weighted by molar-refractivity contribution is 7.91. The van der Waals surface area contributed by atoms with E-state index in [1.807, 2.05) is 17.0 Å². The lowest BCUT2D eigenvalue weighted by Gasteiger charge is -2.41. The zero-order valence-electron chi connectivity index (χ0n) is 17.0. The number of nitrogens with zero attached hydrogens (tertiary/aromatic N) is 4. The van der Waals surface area contributed by atoms with Gasteiger partial charge in [-0.05, 0) is 6.07 Å². The molecule has 0 atom stereocenters. The molecule has 1 amide bonds. The number of pyridine rings is 1. The van der Waals surface area contributed by atoms with Gasteiger partial charge in [-0.25, -0.2) is 18.9 Å². The van der Waals surface area contributed by atoms with Gasteiger partial charge in [-0.1, -0.05) is 17.4 Å². The summed E-state index contributed by atoms with van der Waals surface area (Å²) in [6, 6.07) is 3.83. The second-order valence-corrected chi connectivity index (χ2v) is 10.4. The molecule has 2 aliphatic rings. The van der Waals surface area contributed by atoms with Crippen molar-refractivity contribution in [3.63, 3.8) is 0 Å². The first-order valence-electron chi connectivity index (χ1n) is 9.61. The fourth-order valence-corrected chi connectivity index (χ4v) is 6.88. The number of nitrogens with one attached hydrogen (secondary N) is 1. The highest BCUT2D eigenvalue weighted by Gasteiger charge is 2.54. The molecule has 2 aliphatic heterocycles. The summed E-state index contributed by atoms with van der Waals surface area (Å²) in [7, 11) is -3.97. The van der Waals surface area contributed by atoms with Gasteiger partial charge in [-0.2, -0.15) is 4.31 Å². The van der Waals surface area contributed by atoms with Crippen LogP contribution in [0, 0.1) is 0 Å². The van der Waals surface area contributed by atoms with Crippen LogP contribution in [0.15, 0.2) is 30.7 Å². The minimum absolute atomic E-state index is 0. The van der Waals surface area contributed by atoms with E-state index in [0.29, 0.717) is 13.1 Å². The van der Waals surface area contributed by atoms with E-state index in [2.05, 4.69) is 9.97 Å². The molecule has 2 fully saturated rings. The number of sulfonamides is 1. The highest BCUT2D eigenvalue weighted by atomic mass is 35.5. The molecule has 2 saturated heterocycles. The van der Waals surface area contributed by atoms with E-state index in [1.54, 1.807) is 24.1 Å². The Morgan fingerprint density at radius 3 is 2.44 bits per heavy atom. The van der Waals surface area contributed by atoms with Crippen LogP contribution in [0.4, 0.5) is 5.13 Å². The molecule has 2 aromatic rings. The largest absolute Gasteiger partial charge is 0.381 e. The Morgan fingerprint density at radius 2 is 1.84 bits per heavy atom. The van der Waals surface area contributed by atoms with E-state index in [1.165, 1.54) is 15.6 Å². The number of ether oxygens (including phenoxy) is 1. The Balaban J connectivity index is 0.00000181. The van der Waals surface area contributed by atoms with Crippen LogP contribution in [0.2, 0.25) is 0 Å². The lowest BCUT2D eigenvalue weighted by Crippen LogP contribution is -2.62. The lowest BCUT2D eigenvalue weighted by molar-refractivity contribution is -0.134. The first kappa shape index (κ1) is 26.7. The van der Waals surface area contributed by atoms with Crippen LogP contribution in [-0.2, 0) is 19.6 Å². The molecule has 178 valence electrons. The van der Waals surface area contributed by atoms with Crippen molar-refractivity contribution in [3.05, 3.63) is 30.7 Å². The summed E-state index contributed by atoms with van der Waals surface area (Å²) in [4.78, 5) is 24.0. The Bertz CT molecular complexity index is 994. The number of hydroxylamine groups is 1. The number of carbonyl (C=O) groups is 1. The van der Waals surface area contributed by atoms with Crippen molar-refractivity contribution < 1.29 is 23.2 Å². The van der Waals surface area contributed by atoms with Crippen LogP contribution in [0.3, 0.4) is 0 Å². The van der Waals surface area contributed by atoms with E-state index in [-0.39, 0.29) is 64.0 Å². The van der Waals surface area contributed by atoms with Crippen molar-refractivity contribution in [2.24, 2.45) is 0 Å². The van der Waals surface area contributed by atoms with Gasteiger partial charge in [0, 0.05) is 76.4 Å². The van der Waals surface area contributed by atoms with Crippen molar-refractivity contribution in [2.45, 2.75) is 17.6 Å². The number of carbonyl (C=O) groups excluding carboxylic acids is 1. The second-order valence-electron chi connectivity index (χ2n) is 7.19. The first-order chi connectivity index (χ1) is 14.5. The Kier molecular flexibility index (Phi) is 9.23. The van der Waals surface area contributed by atoms with Gasteiger partial charge in [0.1, 0.15) is 0 Å². The number of aromatic nitrogens is 2. The number of rotatable bonds is 5. The molecule has 0 aliphatic carbocycles. The van der Waals surface area contributed by atoms with Gasteiger partial charge in [0.25, 0.3) is 5.91 Å². The third-order valence-corrected chi connectivity index (χ3v) is 9.33. The van der Waals surface area contributed by atoms with E-state index in [9.17, 15) is 13.2 Å². The van der Waals surface area contributed by atoms with Gasteiger partial charge in [-0.3, -0.25) is 15.0 Å². The number of hydrogen-bond donors (Lipinski definition) is 2. The average Bonchev–Trinajstić information content (AvgIpc) is 3.30. The van der Waals surface area contributed by atoms with Crippen LogP contribution in [0.1, 0.15) is 12.8 Å². The van der Waals surface area contributed by atoms with Crippen molar-refractivity contribution in [1.29, 1.82) is 0 Å². The maximum absolute atomic E-state index is 13.4. The normalized spacial score (nSPS) is 18.8. The molecule has 4 rings (SSSR count). The van der Waals surface area contributed by atoms with Crippen molar-refractivity contribution in [3.8, 4) is 10.4 Å². The summed E-state index contributed by atoms with van der Waals surface area (Å²) in [5.74, 6) is -0.894. The molecule has 4 heterocycles. The topological polar surface area (TPSA) is 125 Å². The third kappa shape index (κ3) is 4.86.